The van der Waals surface area contributed by atoms with E-state index in [1.807, 2.05) is 17.0 Å². The standard InChI is InChI=1S/C18H25N3O2.ClH/c22-17(11-16-7-3-9-19-16)20-10-4-8-18(23)21-12-14-5-1-2-6-15(14)13-21;/h1-2,5-6,16,19H,3-4,7-13H2,(H,20,22);1H. The molecule has 132 valence electrons. The van der Waals surface area contributed by atoms with Gasteiger partial charge in [0.05, 0.1) is 0 Å². The van der Waals surface area contributed by atoms with Crippen molar-refractivity contribution in [1.29, 1.82) is 0 Å². The lowest BCUT2D eigenvalue weighted by Crippen LogP contribution is -2.33. The minimum Gasteiger partial charge on any atom is -0.356 e. The van der Waals surface area contributed by atoms with Crippen LogP contribution in [-0.4, -0.2) is 35.8 Å². The summed E-state index contributed by atoms with van der Waals surface area (Å²) in [6.45, 7) is 3.03. The lowest BCUT2D eigenvalue weighted by Gasteiger charge is -2.15. The van der Waals surface area contributed by atoms with E-state index in [2.05, 4.69) is 22.8 Å². The Bertz CT molecular complexity index is 548. The molecule has 2 N–H and O–H groups in total. The highest BCUT2D eigenvalue weighted by Crippen LogP contribution is 2.22. The Morgan fingerprint density at radius 1 is 1.21 bits per heavy atom. The molecule has 1 aromatic carbocycles. The highest BCUT2D eigenvalue weighted by atomic mass is 35.5. The van der Waals surface area contributed by atoms with Crippen LogP contribution in [0.3, 0.4) is 0 Å². The first-order chi connectivity index (χ1) is 11.2. The molecule has 5 nitrogen and oxygen atoms in total. The molecular weight excluding hydrogens is 326 g/mol. The first kappa shape index (κ1) is 18.7. The third kappa shape index (κ3) is 4.95. The molecule has 0 spiro atoms. The highest BCUT2D eigenvalue weighted by Gasteiger charge is 2.22. The van der Waals surface area contributed by atoms with Gasteiger partial charge >= 0.3 is 0 Å². The van der Waals surface area contributed by atoms with E-state index in [9.17, 15) is 9.59 Å². The molecule has 1 aromatic rings. The Morgan fingerprint density at radius 2 is 1.92 bits per heavy atom. The summed E-state index contributed by atoms with van der Waals surface area (Å²) in [5.41, 5.74) is 2.50. The van der Waals surface area contributed by atoms with Crippen LogP contribution < -0.4 is 10.6 Å². The number of rotatable bonds is 6. The Kier molecular flexibility index (Phi) is 7.06. The van der Waals surface area contributed by atoms with Crippen molar-refractivity contribution in [2.75, 3.05) is 13.1 Å². The quantitative estimate of drug-likeness (QED) is 0.770. The van der Waals surface area contributed by atoms with E-state index in [-0.39, 0.29) is 24.2 Å². The molecule has 0 bridgehead atoms. The number of hydrogen-bond acceptors (Lipinski definition) is 3. The predicted molar refractivity (Wildman–Crippen MR) is 95.8 cm³/mol. The summed E-state index contributed by atoms with van der Waals surface area (Å²) < 4.78 is 0. The third-order valence-electron chi connectivity index (χ3n) is 4.68. The lowest BCUT2D eigenvalue weighted by molar-refractivity contribution is -0.132. The van der Waals surface area contributed by atoms with Crippen LogP contribution in [0.4, 0.5) is 0 Å². The minimum absolute atomic E-state index is 0. The molecule has 1 atom stereocenters. The second-order valence-corrected chi connectivity index (χ2v) is 6.47. The molecule has 0 radical (unpaired) electrons. The minimum atomic E-state index is 0. The number of halogens is 1. The second kappa shape index (κ2) is 9.04. The number of fused-ring (bicyclic) bond motifs is 1. The fourth-order valence-electron chi connectivity index (χ4n) is 3.36. The van der Waals surface area contributed by atoms with Gasteiger partial charge in [0.15, 0.2) is 0 Å². The van der Waals surface area contributed by atoms with Crippen molar-refractivity contribution in [2.45, 2.75) is 51.2 Å². The molecule has 2 aliphatic rings. The fourth-order valence-corrected chi connectivity index (χ4v) is 3.36. The van der Waals surface area contributed by atoms with Crippen molar-refractivity contribution in [3.63, 3.8) is 0 Å². The lowest BCUT2D eigenvalue weighted by atomic mass is 10.1. The maximum atomic E-state index is 12.2. The number of carbonyl (C=O) groups excluding carboxylic acids is 2. The summed E-state index contributed by atoms with van der Waals surface area (Å²) in [5.74, 6) is 0.262. The Balaban J connectivity index is 0.00000208. The number of benzene rings is 1. The van der Waals surface area contributed by atoms with Gasteiger partial charge in [-0.05, 0) is 36.9 Å². The Labute approximate surface area is 149 Å². The zero-order valence-electron chi connectivity index (χ0n) is 13.9. The van der Waals surface area contributed by atoms with Crippen LogP contribution >= 0.6 is 12.4 Å². The molecule has 24 heavy (non-hydrogen) atoms. The van der Waals surface area contributed by atoms with Crippen molar-refractivity contribution in [3.8, 4) is 0 Å². The van der Waals surface area contributed by atoms with E-state index in [0.29, 0.717) is 44.9 Å². The molecule has 1 fully saturated rings. The van der Waals surface area contributed by atoms with Gasteiger partial charge in [0.1, 0.15) is 0 Å². The van der Waals surface area contributed by atoms with Gasteiger partial charge in [-0.25, -0.2) is 0 Å². The van der Waals surface area contributed by atoms with E-state index in [4.69, 9.17) is 0 Å². The number of nitrogens with zero attached hydrogens (tertiary/aromatic N) is 1. The van der Waals surface area contributed by atoms with Crippen molar-refractivity contribution >= 4 is 24.2 Å². The molecule has 0 aromatic heterocycles. The summed E-state index contributed by atoms with van der Waals surface area (Å²) in [6, 6.07) is 8.53. The molecule has 6 heteroatoms. The molecular formula is C18H26ClN3O2. The zero-order valence-corrected chi connectivity index (χ0v) is 14.7. The molecule has 2 aliphatic heterocycles. The van der Waals surface area contributed by atoms with Gasteiger partial charge < -0.3 is 15.5 Å². The molecule has 0 saturated carbocycles. The molecule has 2 amide bonds. The first-order valence-electron chi connectivity index (χ1n) is 8.57. The van der Waals surface area contributed by atoms with Gasteiger partial charge in [-0.3, -0.25) is 9.59 Å². The Hall–Kier alpha value is -1.59. The van der Waals surface area contributed by atoms with E-state index in [1.165, 1.54) is 11.1 Å². The average Bonchev–Trinajstić information content (AvgIpc) is 3.20. The van der Waals surface area contributed by atoms with Gasteiger partial charge in [-0.2, -0.15) is 0 Å². The molecule has 1 saturated heterocycles. The van der Waals surface area contributed by atoms with E-state index >= 15 is 0 Å². The van der Waals surface area contributed by atoms with Crippen LogP contribution in [0, 0.1) is 0 Å². The van der Waals surface area contributed by atoms with Crippen molar-refractivity contribution in [2.24, 2.45) is 0 Å². The average molecular weight is 352 g/mol. The summed E-state index contributed by atoms with van der Waals surface area (Å²) in [6.07, 6.45) is 3.99. The molecule has 1 unspecified atom stereocenters. The van der Waals surface area contributed by atoms with E-state index < -0.39 is 0 Å². The fraction of sp³-hybridized carbons (Fsp3) is 0.556. The van der Waals surface area contributed by atoms with Crippen LogP contribution in [-0.2, 0) is 22.7 Å². The van der Waals surface area contributed by atoms with Crippen molar-refractivity contribution in [1.82, 2.24) is 15.5 Å². The maximum absolute atomic E-state index is 12.2. The van der Waals surface area contributed by atoms with Crippen molar-refractivity contribution in [3.05, 3.63) is 35.4 Å². The van der Waals surface area contributed by atoms with Gasteiger partial charge in [-0.15, -0.1) is 12.4 Å². The first-order valence-corrected chi connectivity index (χ1v) is 8.57. The van der Waals surface area contributed by atoms with Crippen LogP contribution in [0.1, 0.15) is 43.2 Å². The summed E-state index contributed by atoms with van der Waals surface area (Å²) >= 11 is 0. The van der Waals surface area contributed by atoms with Crippen LogP contribution in [0.5, 0.6) is 0 Å². The predicted octanol–water partition coefficient (Wildman–Crippen LogP) is 1.99. The number of carbonyl (C=O) groups is 2. The van der Waals surface area contributed by atoms with E-state index in [1.54, 1.807) is 0 Å². The summed E-state index contributed by atoms with van der Waals surface area (Å²) in [4.78, 5) is 25.9. The van der Waals surface area contributed by atoms with Gasteiger partial charge in [0, 0.05) is 38.5 Å². The number of amides is 2. The molecule has 2 heterocycles. The Morgan fingerprint density at radius 3 is 2.54 bits per heavy atom. The smallest absolute Gasteiger partial charge is 0.223 e. The topological polar surface area (TPSA) is 61.4 Å². The second-order valence-electron chi connectivity index (χ2n) is 6.47. The van der Waals surface area contributed by atoms with Crippen LogP contribution in [0.25, 0.3) is 0 Å². The largest absolute Gasteiger partial charge is 0.356 e. The van der Waals surface area contributed by atoms with Crippen molar-refractivity contribution < 1.29 is 9.59 Å². The molecule has 0 aliphatic carbocycles. The SMILES string of the molecule is Cl.O=C(CC1CCCN1)NCCCC(=O)N1Cc2ccccc2C1. The third-order valence-corrected chi connectivity index (χ3v) is 4.68. The summed E-state index contributed by atoms with van der Waals surface area (Å²) in [7, 11) is 0. The van der Waals surface area contributed by atoms with Gasteiger partial charge in [0.2, 0.25) is 11.8 Å². The monoisotopic (exact) mass is 351 g/mol. The maximum Gasteiger partial charge on any atom is 0.223 e. The highest BCUT2D eigenvalue weighted by molar-refractivity contribution is 5.85. The van der Waals surface area contributed by atoms with E-state index in [0.717, 1.165) is 19.4 Å². The number of hydrogen-bond donors (Lipinski definition) is 2. The van der Waals surface area contributed by atoms with Crippen LogP contribution in [0.15, 0.2) is 24.3 Å². The van der Waals surface area contributed by atoms with Gasteiger partial charge in [0.25, 0.3) is 0 Å². The number of nitrogens with one attached hydrogen (secondary N) is 2. The summed E-state index contributed by atoms with van der Waals surface area (Å²) in [5, 5.41) is 6.24. The normalized spacial score (nSPS) is 18.8. The zero-order chi connectivity index (χ0) is 16.1. The van der Waals surface area contributed by atoms with Crippen LogP contribution in [0.2, 0.25) is 0 Å². The molecule has 3 rings (SSSR count). The van der Waals surface area contributed by atoms with Gasteiger partial charge in [-0.1, -0.05) is 24.3 Å².